The monoisotopic (exact) mass is 343 g/mol. The third kappa shape index (κ3) is 4.15. The zero-order chi connectivity index (χ0) is 16.1. The van der Waals surface area contributed by atoms with Gasteiger partial charge in [-0.1, -0.05) is 47.6 Å². The van der Waals surface area contributed by atoms with E-state index in [2.05, 4.69) is 10.3 Å². The first-order valence-corrected chi connectivity index (χ1v) is 8.36. The number of amides is 1. The van der Waals surface area contributed by atoms with E-state index in [1.165, 1.54) is 11.8 Å². The van der Waals surface area contributed by atoms with Crippen molar-refractivity contribution in [2.75, 3.05) is 11.1 Å². The van der Waals surface area contributed by atoms with Crippen LogP contribution in [-0.2, 0) is 4.79 Å². The summed E-state index contributed by atoms with van der Waals surface area (Å²) in [7, 11) is 0. The lowest BCUT2D eigenvalue weighted by atomic mass is 10.3. The van der Waals surface area contributed by atoms with Gasteiger partial charge in [0.25, 0.3) is 0 Å². The molecule has 0 bridgehead atoms. The minimum Gasteiger partial charge on any atom is -0.325 e. The molecule has 1 amide bonds. The molecule has 1 aromatic heterocycles. The number of carbonyl (C=O) groups is 1. The summed E-state index contributed by atoms with van der Waals surface area (Å²) in [5.41, 5.74) is 1.71. The Balaban J connectivity index is 1.65. The second kappa shape index (κ2) is 7.35. The normalized spacial score (nSPS) is 10.5. The van der Waals surface area contributed by atoms with Crippen LogP contribution in [0.4, 0.5) is 5.69 Å². The highest BCUT2D eigenvalue weighted by Gasteiger charge is 2.09. The van der Waals surface area contributed by atoms with E-state index >= 15 is 0 Å². The highest BCUT2D eigenvalue weighted by Crippen LogP contribution is 2.22. The molecule has 0 radical (unpaired) electrons. The number of nitrogens with one attached hydrogen (secondary N) is 1. The highest BCUT2D eigenvalue weighted by molar-refractivity contribution is 7.99. The Hall–Kier alpha value is -2.24. The predicted molar refractivity (Wildman–Crippen MR) is 94.4 cm³/mol. The minimum atomic E-state index is -0.0677. The molecule has 0 aliphatic rings. The van der Waals surface area contributed by atoms with Gasteiger partial charge in [0.05, 0.1) is 5.75 Å². The third-order valence-corrected chi connectivity index (χ3v) is 4.29. The summed E-state index contributed by atoms with van der Waals surface area (Å²) in [5, 5.41) is 4.26. The Labute approximate surface area is 143 Å². The van der Waals surface area contributed by atoms with Crippen molar-refractivity contribution in [2.24, 2.45) is 0 Å². The van der Waals surface area contributed by atoms with Crippen LogP contribution in [-0.4, -0.2) is 21.2 Å². The summed E-state index contributed by atoms with van der Waals surface area (Å²) in [4.78, 5) is 16.3. The van der Waals surface area contributed by atoms with Gasteiger partial charge in [0.15, 0.2) is 5.16 Å². The average Bonchev–Trinajstić information content (AvgIpc) is 3.02. The van der Waals surface area contributed by atoms with E-state index in [0.717, 1.165) is 16.5 Å². The van der Waals surface area contributed by atoms with E-state index < -0.39 is 0 Å². The third-order valence-electron chi connectivity index (χ3n) is 3.08. The number of benzene rings is 2. The molecule has 116 valence electrons. The van der Waals surface area contributed by atoms with Gasteiger partial charge in [-0.3, -0.25) is 9.36 Å². The zero-order valence-corrected chi connectivity index (χ0v) is 13.7. The summed E-state index contributed by atoms with van der Waals surface area (Å²) in [6.07, 6.45) is 3.56. The van der Waals surface area contributed by atoms with Gasteiger partial charge in [0, 0.05) is 28.8 Å². The number of hydrogen-bond acceptors (Lipinski definition) is 3. The molecular weight excluding hydrogens is 330 g/mol. The number of aromatic nitrogens is 2. The highest BCUT2D eigenvalue weighted by atomic mass is 35.5. The lowest BCUT2D eigenvalue weighted by molar-refractivity contribution is -0.113. The standard InChI is InChI=1S/C17H14ClN3OS/c18-13-5-4-8-15(11-13)21-10-9-19-17(21)23-12-16(22)20-14-6-2-1-3-7-14/h1-11H,12H2,(H,20,22). The number of halogens is 1. The van der Waals surface area contributed by atoms with Crippen LogP contribution in [0.1, 0.15) is 0 Å². The van der Waals surface area contributed by atoms with Crippen LogP contribution in [0, 0.1) is 0 Å². The first-order valence-electron chi connectivity index (χ1n) is 6.99. The van der Waals surface area contributed by atoms with Crippen LogP contribution in [0.5, 0.6) is 0 Å². The van der Waals surface area contributed by atoms with Gasteiger partial charge in [-0.15, -0.1) is 0 Å². The van der Waals surface area contributed by atoms with Crippen LogP contribution in [0.15, 0.2) is 72.1 Å². The summed E-state index contributed by atoms with van der Waals surface area (Å²) in [6.45, 7) is 0. The second-order valence-electron chi connectivity index (χ2n) is 4.76. The number of thioether (sulfide) groups is 1. The molecule has 0 spiro atoms. The molecule has 0 unspecified atom stereocenters. The number of carbonyl (C=O) groups excluding carboxylic acids is 1. The molecule has 0 saturated heterocycles. The summed E-state index contributed by atoms with van der Waals surface area (Å²) < 4.78 is 1.91. The van der Waals surface area contributed by atoms with Crippen molar-refractivity contribution in [2.45, 2.75) is 5.16 Å². The Bertz CT molecular complexity index is 804. The first-order chi connectivity index (χ1) is 11.2. The Morgan fingerprint density at radius 3 is 2.78 bits per heavy atom. The second-order valence-corrected chi connectivity index (χ2v) is 6.14. The average molecular weight is 344 g/mol. The number of anilines is 1. The topological polar surface area (TPSA) is 46.9 Å². The summed E-state index contributed by atoms with van der Waals surface area (Å²) >= 11 is 7.41. The van der Waals surface area contributed by atoms with Gasteiger partial charge in [0.2, 0.25) is 5.91 Å². The van der Waals surface area contributed by atoms with Crippen molar-refractivity contribution >= 4 is 35.0 Å². The van der Waals surface area contributed by atoms with Crippen molar-refractivity contribution in [1.82, 2.24) is 9.55 Å². The van der Waals surface area contributed by atoms with E-state index in [-0.39, 0.29) is 11.7 Å². The molecule has 4 nitrogen and oxygen atoms in total. The molecule has 3 rings (SSSR count). The van der Waals surface area contributed by atoms with Crippen LogP contribution < -0.4 is 5.32 Å². The minimum absolute atomic E-state index is 0.0677. The molecule has 0 aliphatic carbocycles. The van der Waals surface area contributed by atoms with Gasteiger partial charge in [-0.25, -0.2) is 4.98 Å². The Kier molecular flexibility index (Phi) is 5.00. The van der Waals surface area contributed by atoms with Gasteiger partial charge in [-0.2, -0.15) is 0 Å². The zero-order valence-electron chi connectivity index (χ0n) is 12.1. The van der Waals surface area contributed by atoms with E-state index in [1.54, 1.807) is 6.20 Å². The predicted octanol–water partition coefficient (Wildman–Crippen LogP) is 4.26. The molecule has 1 N–H and O–H groups in total. The molecule has 0 saturated carbocycles. The fourth-order valence-electron chi connectivity index (χ4n) is 2.07. The van der Waals surface area contributed by atoms with E-state index in [9.17, 15) is 4.79 Å². The number of rotatable bonds is 5. The van der Waals surface area contributed by atoms with Crippen molar-refractivity contribution in [3.8, 4) is 5.69 Å². The molecule has 0 aliphatic heterocycles. The fourth-order valence-corrected chi connectivity index (χ4v) is 3.03. The molecule has 0 atom stereocenters. The van der Waals surface area contributed by atoms with Crippen molar-refractivity contribution in [3.63, 3.8) is 0 Å². The van der Waals surface area contributed by atoms with Crippen LogP contribution in [0.3, 0.4) is 0 Å². The molecule has 0 fully saturated rings. The maximum atomic E-state index is 12.0. The van der Waals surface area contributed by atoms with E-state index in [0.29, 0.717) is 5.02 Å². The lowest BCUT2D eigenvalue weighted by Crippen LogP contribution is -2.14. The number of hydrogen-bond donors (Lipinski definition) is 1. The molecule has 1 heterocycles. The van der Waals surface area contributed by atoms with Gasteiger partial charge in [0.1, 0.15) is 0 Å². The summed E-state index contributed by atoms with van der Waals surface area (Å²) in [6, 6.07) is 16.9. The van der Waals surface area contributed by atoms with Crippen LogP contribution in [0.2, 0.25) is 5.02 Å². The van der Waals surface area contributed by atoms with Crippen LogP contribution in [0.25, 0.3) is 5.69 Å². The Morgan fingerprint density at radius 1 is 1.17 bits per heavy atom. The van der Waals surface area contributed by atoms with Crippen molar-refractivity contribution in [3.05, 3.63) is 72.0 Å². The molecule has 2 aromatic carbocycles. The SMILES string of the molecule is O=C(CSc1nccn1-c1cccc(Cl)c1)Nc1ccccc1. The first kappa shape index (κ1) is 15.6. The van der Waals surface area contributed by atoms with E-state index in [1.807, 2.05) is 65.4 Å². The van der Waals surface area contributed by atoms with Gasteiger partial charge in [-0.05, 0) is 30.3 Å². The fraction of sp³-hybridized carbons (Fsp3) is 0.0588. The largest absolute Gasteiger partial charge is 0.325 e. The Morgan fingerprint density at radius 2 is 2.00 bits per heavy atom. The smallest absolute Gasteiger partial charge is 0.234 e. The molecule has 3 aromatic rings. The maximum absolute atomic E-state index is 12.0. The van der Waals surface area contributed by atoms with Gasteiger partial charge < -0.3 is 5.32 Å². The van der Waals surface area contributed by atoms with Crippen LogP contribution >= 0.6 is 23.4 Å². The number of imidazole rings is 1. The van der Waals surface area contributed by atoms with Gasteiger partial charge >= 0.3 is 0 Å². The molecular formula is C17H14ClN3OS. The summed E-state index contributed by atoms with van der Waals surface area (Å²) in [5.74, 6) is 0.216. The lowest BCUT2D eigenvalue weighted by Gasteiger charge is -2.08. The van der Waals surface area contributed by atoms with Crippen molar-refractivity contribution in [1.29, 1.82) is 0 Å². The van der Waals surface area contributed by atoms with Crippen molar-refractivity contribution < 1.29 is 4.79 Å². The number of nitrogens with zero attached hydrogens (tertiary/aromatic N) is 2. The quantitative estimate of drug-likeness (QED) is 0.704. The molecule has 23 heavy (non-hydrogen) atoms. The maximum Gasteiger partial charge on any atom is 0.234 e. The number of para-hydroxylation sites is 1. The molecule has 6 heteroatoms. The van der Waals surface area contributed by atoms with E-state index in [4.69, 9.17) is 11.6 Å².